The van der Waals surface area contributed by atoms with Crippen molar-refractivity contribution in [2.24, 2.45) is 5.84 Å². The van der Waals surface area contributed by atoms with E-state index in [-0.39, 0.29) is 29.6 Å². The number of rotatable bonds is 6. The molecule has 0 saturated heterocycles. The molecule has 1 aromatic rings. The van der Waals surface area contributed by atoms with Crippen molar-refractivity contribution in [3.63, 3.8) is 0 Å². The third kappa shape index (κ3) is 4.26. The molecule has 9 heteroatoms. The number of nitrogens with zero attached hydrogens (tertiary/aromatic N) is 2. The van der Waals surface area contributed by atoms with Gasteiger partial charge in [-0.1, -0.05) is 6.92 Å². The van der Waals surface area contributed by atoms with E-state index in [1.54, 1.807) is 6.92 Å². The third-order valence-corrected chi connectivity index (χ3v) is 3.86. The molecule has 100 valence electrons. The Bertz CT molecular complexity index is 517. The summed E-state index contributed by atoms with van der Waals surface area (Å²) in [5.41, 5.74) is 2.33. The van der Waals surface area contributed by atoms with E-state index in [9.17, 15) is 13.2 Å². The number of hydrazine groups is 1. The lowest BCUT2D eigenvalue weighted by atomic mass is 10.4. The van der Waals surface area contributed by atoms with E-state index in [1.807, 2.05) is 0 Å². The average Bonchev–Trinajstić information content (AvgIpc) is 2.38. The van der Waals surface area contributed by atoms with Gasteiger partial charge < -0.3 is 10.7 Å². The van der Waals surface area contributed by atoms with Crippen molar-refractivity contribution < 1.29 is 13.2 Å². The highest BCUT2D eigenvalue weighted by Crippen LogP contribution is 1.99. The quantitative estimate of drug-likeness (QED) is 0.444. The highest BCUT2D eigenvalue weighted by molar-refractivity contribution is 7.91. The number of hydrogen-bond acceptors (Lipinski definition) is 7. The summed E-state index contributed by atoms with van der Waals surface area (Å²) in [7, 11) is -3.09. The van der Waals surface area contributed by atoms with Crippen LogP contribution >= 0.6 is 0 Å². The number of nitrogens with one attached hydrogen (secondary N) is 2. The molecule has 0 bridgehead atoms. The minimum Gasteiger partial charge on any atom is -0.350 e. The topological polar surface area (TPSA) is 127 Å². The van der Waals surface area contributed by atoms with Gasteiger partial charge in [0.25, 0.3) is 5.91 Å². The summed E-state index contributed by atoms with van der Waals surface area (Å²) in [6.07, 6.45) is 2.63. The van der Waals surface area contributed by atoms with Crippen molar-refractivity contribution in [1.29, 1.82) is 0 Å². The fraction of sp³-hybridized carbons (Fsp3) is 0.444. The molecule has 0 unspecified atom stereocenters. The zero-order chi connectivity index (χ0) is 13.6. The molecule has 0 fully saturated rings. The fourth-order valence-corrected chi connectivity index (χ4v) is 1.80. The zero-order valence-electron chi connectivity index (χ0n) is 9.88. The maximum atomic E-state index is 11.6. The number of nitrogens with two attached hydrogens (primary N) is 1. The molecule has 0 aliphatic carbocycles. The van der Waals surface area contributed by atoms with Gasteiger partial charge in [-0.3, -0.25) is 9.78 Å². The Balaban J connectivity index is 2.55. The maximum absolute atomic E-state index is 11.6. The van der Waals surface area contributed by atoms with Crippen LogP contribution in [0, 0.1) is 0 Å². The van der Waals surface area contributed by atoms with Gasteiger partial charge in [0.15, 0.2) is 15.7 Å². The second kappa shape index (κ2) is 6.26. The summed E-state index contributed by atoms with van der Waals surface area (Å²) in [5, 5.41) is 2.45. The number of aromatic nitrogens is 2. The number of carbonyl (C=O) groups is 1. The molecule has 0 saturated carbocycles. The van der Waals surface area contributed by atoms with Crippen LogP contribution in [0.15, 0.2) is 12.4 Å². The minimum absolute atomic E-state index is 0.0387. The van der Waals surface area contributed by atoms with Crippen LogP contribution < -0.4 is 16.6 Å². The van der Waals surface area contributed by atoms with Crippen LogP contribution in [0.3, 0.4) is 0 Å². The first-order valence-corrected chi connectivity index (χ1v) is 7.08. The van der Waals surface area contributed by atoms with Crippen molar-refractivity contribution in [2.45, 2.75) is 6.92 Å². The van der Waals surface area contributed by atoms with E-state index in [2.05, 4.69) is 20.7 Å². The predicted molar refractivity (Wildman–Crippen MR) is 66.5 cm³/mol. The van der Waals surface area contributed by atoms with E-state index in [0.717, 1.165) is 0 Å². The molecule has 0 aromatic carbocycles. The molecule has 1 heterocycles. The molecule has 4 N–H and O–H groups in total. The highest BCUT2D eigenvalue weighted by atomic mass is 32.2. The van der Waals surface area contributed by atoms with Gasteiger partial charge in [0.1, 0.15) is 5.69 Å². The molecule has 8 nitrogen and oxygen atoms in total. The van der Waals surface area contributed by atoms with Crippen LogP contribution in [0.1, 0.15) is 17.4 Å². The highest BCUT2D eigenvalue weighted by Gasteiger charge is 2.11. The number of nitrogen functional groups attached to an aromatic ring is 1. The average molecular weight is 273 g/mol. The predicted octanol–water partition coefficient (Wildman–Crippen LogP) is -1.07. The molecule has 0 aliphatic rings. The Morgan fingerprint density at radius 3 is 2.78 bits per heavy atom. The van der Waals surface area contributed by atoms with Crippen LogP contribution in [0.2, 0.25) is 0 Å². The van der Waals surface area contributed by atoms with E-state index in [1.165, 1.54) is 12.4 Å². The summed E-state index contributed by atoms with van der Waals surface area (Å²) in [6, 6.07) is 0. The van der Waals surface area contributed by atoms with Gasteiger partial charge in [0.05, 0.1) is 18.1 Å². The summed E-state index contributed by atoms with van der Waals surface area (Å²) in [6.45, 7) is 1.59. The number of amides is 1. The van der Waals surface area contributed by atoms with Crippen LogP contribution in [0.5, 0.6) is 0 Å². The lowest BCUT2D eigenvalue weighted by molar-refractivity contribution is 0.0951. The Kier molecular flexibility index (Phi) is 4.98. The Labute approximate surface area is 105 Å². The van der Waals surface area contributed by atoms with Gasteiger partial charge in [-0.25, -0.2) is 19.2 Å². The number of carbonyl (C=O) groups excluding carboxylic acids is 1. The molecule has 1 aromatic heterocycles. The first-order valence-electron chi connectivity index (χ1n) is 5.26. The van der Waals surface area contributed by atoms with Crippen LogP contribution in [-0.4, -0.2) is 42.3 Å². The fourth-order valence-electron chi connectivity index (χ4n) is 1.10. The van der Waals surface area contributed by atoms with Crippen molar-refractivity contribution in [3.05, 3.63) is 18.1 Å². The zero-order valence-corrected chi connectivity index (χ0v) is 10.7. The molecule has 1 rings (SSSR count). The van der Waals surface area contributed by atoms with Crippen molar-refractivity contribution in [3.8, 4) is 0 Å². The summed E-state index contributed by atoms with van der Waals surface area (Å²) >= 11 is 0. The first kappa shape index (κ1) is 14.3. The van der Waals surface area contributed by atoms with Gasteiger partial charge in [-0.05, 0) is 0 Å². The van der Waals surface area contributed by atoms with E-state index >= 15 is 0 Å². The SMILES string of the molecule is CCS(=O)(=O)CCNC(=O)c1cncc(NN)n1. The monoisotopic (exact) mass is 273 g/mol. The van der Waals surface area contributed by atoms with Gasteiger partial charge in [0.2, 0.25) is 0 Å². The van der Waals surface area contributed by atoms with Gasteiger partial charge in [-0.15, -0.1) is 0 Å². The summed E-state index contributed by atoms with van der Waals surface area (Å²) < 4.78 is 22.4. The molecular formula is C9H15N5O3S. The number of sulfone groups is 1. The molecule has 0 radical (unpaired) electrons. The number of anilines is 1. The molecule has 0 spiro atoms. The smallest absolute Gasteiger partial charge is 0.271 e. The molecule has 1 amide bonds. The van der Waals surface area contributed by atoms with Gasteiger partial charge >= 0.3 is 0 Å². The van der Waals surface area contributed by atoms with Crippen molar-refractivity contribution in [2.75, 3.05) is 23.5 Å². The van der Waals surface area contributed by atoms with Gasteiger partial charge in [-0.2, -0.15) is 0 Å². The largest absolute Gasteiger partial charge is 0.350 e. The van der Waals surface area contributed by atoms with Crippen molar-refractivity contribution in [1.82, 2.24) is 15.3 Å². The Morgan fingerprint density at radius 1 is 1.44 bits per heavy atom. The van der Waals surface area contributed by atoms with Crippen LogP contribution in [-0.2, 0) is 9.84 Å². The Morgan fingerprint density at radius 2 is 2.17 bits per heavy atom. The first-order chi connectivity index (χ1) is 8.48. The maximum Gasteiger partial charge on any atom is 0.271 e. The van der Waals surface area contributed by atoms with Crippen molar-refractivity contribution >= 4 is 21.6 Å². The third-order valence-electron chi connectivity index (χ3n) is 2.15. The Hall–Kier alpha value is -1.74. The molecule has 18 heavy (non-hydrogen) atoms. The molecule has 0 atom stereocenters. The minimum atomic E-state index is -3.09. The lowest BCUT2D eigenvalue weighted by Gasteiger charge is -2.05. The molecule has 0 aliphatic heterocycles. The van der Waals surface area contributed by atoms with Gasteiger partial charge in [0, 0.05) is 12.3 Å². The normalized spacial score (nSPS) is 11.0. The molecular weight excluding hydrogens is 258 g/mol. The van der Waals surface area contributed by atoms with E-state index < -0.39 is 15.7 Å². The van der Waals surface area contributed by atoms with E-state index in [4.69, 9.17) is 5.84 Å². The second-order valence-corrected chi connectivity index (χ2v) is 5.90. The lowest BCUT2D eigenvalue weighted by Crippen LogP contribution is -2.30. The summed E-state index contributed by atoms with van der Waals surface area (Å²) in [5.74, 6) is 4.84. The second-order valence-electron chi connectivity index (χ2n) is 3.43. The summed E-state index contributed by atoms with van der Waals surface area (Å²) in [4.78, 5) is 19.2. The van der Waals surface area contributed by atoms with E-state index in [0.29, 0.717) is 0 Å². The van der Waals surface area contributed by atoms with Crippen LogP contribution in [0.4, 0.5) is 5.82 Å². The number of hydrogen-bond donors (Lipinski definition) is 3. The standard InChI is InChI=1S/C9H15N5O3S/c1-2-18(16,17)4-3-12-9(15)7-5-11-6-8(13-7)14-10/h5-6H,2-4,10H2,1H3,(H,12,15)(H,13,14). The van der Waals surface area contributed by atoms with Crippen LogP contribution in [0.25, 0.3) is 0 Å².